The topological polar surface area (TPSA) is 78.6 Å². The van der Waals surface area contributed by atoms with Gasteiger partial charge < -0.3 is 19.7 Å². The lowest BCUT2D eigenvalue weighted by Gasteiger charge is -2.23. The van der Waals surface area contributed by atoms with Crippen LogP contribution in [0.2, 0.25) is 0 Å². The molecule has 28 heavy (non-hydrogen) atoms. The number of halogens is 1. The quantitative estimate of drug-likeness (QED) is 0.340. The predicted octanol–water partition coefficient (Wildman–Crippen LogP) is 1.62. The summed E-state index contributed by atoms with van der Waals surface area (Å²) < 4.78 is 2.02. The molecule has 1 amide bonds. The Bertz CT molecular complexity index is 746. The van der Waals surface area contributed by atoms with Crippen LogP contribution in [0.25, 0.3) is 0 Å². The first-order valence-corrected chi connectivity index (χ1v) is 9.11. The third-order valence-electron chi connectivity index (χ3n) is 4.13. The molecule has 0 aliphatic rings. The number of guanidine groups is 1. The van der Waals surface area contributed by atoms with Gasteiger partial charge in [0.15, 0.2) is 5.96 Å². The molecule has 9 heteroatoms. The predicted molar refractivity (Wildman–Crippen MR) is 122 cm³/mol. The van der Waals surface area contributed by atoms with E-state index in [1.807, 2.05) is 34.7 Å². The Kier molecular flexibility index (Phi) is 10.5. The van der Waals surface area contributed by atoms with Crippen molar-refractivity contribution in [2.24, 2.45) is 4.99 Å². The minimum Gasteiger partial charge on any atom is -0.354 e. The molecule has 1 aromatic carbocycles. The summed E-state index contributed by atoms with van der Waals surface area (Å²) in [6.07, 6.45) is 2.58. The number of aliphatic imine (C=N–C) groups is 1. The highest BCUT2D eigenvalue weighted by Crippen LogP contribution is 2.03. The Morgan fingerprint density at radius 1 is 1.21 bits per heavy atom. The van der Waals surface area contributed by atoms with E-state index in [9.17, 15) is 4.79 Å². The standard InChI is InChI=1S/C19H29N7O.HI/c1-5-17-23-22-15-26(17)12-11-20-19(21-13-18(27)24(2)3)25(4)14-16-9-7-6-8-10-16;/h6-10,15H,5,11-14H2,1-4H3,(H,20,21);1H. The third kappa shape index (κ3) is 7.45. The molecule has 0 fully saturated rings. The fourth-order valence-corrected chi connectivity index (χ4v) is 2.56. The Balaban J connectivity index is 0.00000392. The summed E-state index contributed by atoms with van der Waals surface area (Å²) in [5.74, 6) is 1.62. The zero-order valence-electron chi connectivity index (χ0n) is 17.0. The number of nitrogens with one attached hydrogen (secondary N) is 1. The molecule has 154 valence electrons. The molecule has 2 aromatic rings. The highest BCUT2D eigenvalue weighted by molar-refractivity contribution is 14.0. The summed E-state index contributed by atoms with van der Waals surface area (Å²) >= 11 is 0. The smallest absolute Gasteiger partial charge is 0.243 e. The molecule has 0 atom stereocenters. The minimum atomic E-state index is -0.0329. The van der Waals surface area contributed by atoms with Crippen molar-refractivity contribution in [3.8, 4) is 0 Å². The monoisotopic (exact) mass is 499 g/mol. The van der Waals surface area contributed by atoms with Crippen molar-refractivity contribution in [3.63, 3.8) is 0 Å². The Hall–Kier alpha value is -2.17. The van der Waals surface area contributed by atoms with Gasteiger partial charge in [-0.1, -0.05) is 37.3 Å². The molecule has 0 aliphatic carbocycles. The lowest BCUT2D eigenvalue weighted by molar-refractivity contribution is -0.127. The van der Waals surface area contributed by atoms with Gasteiger partial charge in [-0.05, 0) is 5.56 Å². The second-order valence-electron chi connectivity index (χ2n) is 6.49. The molecule has 0 aliphatic heterocycles. The number of amides is 1. The number of carbonyl (C=O) groups is 1. The summed E-state index contributed by atoms with van der Waals surface area (Å²) in [5.41, 5.74) is 1.18. The van der Waals surface area contributed by atoms with Crippen LogP contribution in [0.15, 0.2) is 41.7 Å². The highest BCUT2D eigenvalue weighted by Gasteiger charge is 2.10. The molecule has 1 N–H and O–H groups in total. The number of hydrogen-bond acceptors (Lipinski definition) is 4. The minimum absolute atomic E-state index is 0. The number of likely N-dealkylation sites (N-methyl/N-ethyl adjacent to an activating group) is 1. The van der Waals surface area contributed by atoms with Gasteiger partial charge in [0.25, 0.3) is 0 Å². The fraction of sp³-hybridized carbons (Fsp3) is 0.474. The van der Waals surface area contributed by atoms with Gasteiger partial charge in [-0.3, -0.25) is 4.79 Å². The lowest BCUT2D eigenvalue weighted by atomic mass is 10.2. The molecule has 8 nitrogen and oxygen atoms in total. The first-order valence-electron chi connectivity index (χ1n) is 9.11. The zero-order valence-corrected chi connectivity index (χ0v) is 19.3. The third-order valence-corrected chi connectivity index (χ3v) is 4.13. The van der Waals surface area contributed by atoms with E-state index in [2.05, 4.69) is 39.6 Å². The van der Waals surface area contributed by atoms with Crippen LogP contribution in [-0.2, 0) is 24.3 Å². The van der Waals surface area contributed by atoms with Crippen molar-refractivity contribution >= 4 is 35.8 Å². The molecule has 1 heterocycles. The number of nitrogens with zero attached hydrogens (tertiary/aromatic N) is 6. The SMILES string of the molecule is CCc1nncn1CCNC(=NCC(=O)N(C)C)N(C)Cc1ccccc1.I. The maximum atomic E-state index is 11.9. The normalized spacial score (nSPS) is 10.9. The van der Waals surface area contributed by atoms with Gasteiger partial charge in [-0.2, -0.15) is 0 Å². The molecule has 2 rings (SSSR count). The number of rotatable bonds is 8. The van der Waals surface area contributed by atoms with Gasteiger partial charge in [-0.25, -0.2) is 4.99 Å². The van der Waals surface area contributed by atoms with Crippen molar-refractivity contribution in [3.05, 3.63) is 48.0 Å². The number of benzene rings is 1. The summed E-state index contributed by atoms with van der Waals surface area (Å²) in [6, 6.07) is 10.2. The fourth-order valence-electron chi connectivity index (χ4n) is 2.56. The van der Waals surface area contributed by atoms with E-state index in [0.29, 0.717) is 19.0 Å². The van der Waals surface area contributed by atoms with Crippen LogP contribution in [0.3, 0.4) is 0 Å². The second kappa shape index (κ2) is 12.3. The van der Waals surface area contributed by atoms with Crippen LogP contribution in [0.1, 0.15) is 18.3 Å². The summed E-state index contributed by atoms with van der Waals surface area (Å²) in [5, 5.41) is 11.4. The molecule has 0 spiro atoms. The van der Waals surface area contributed by atoms with E-state index >= 15 is 0 Å². The van der Waals surface area contributed by atoms with Gasteiger partial charge in [0, 0.05) is 47.2 Å². The first-order chi connectivity index (χ1) is 13.0. The Morgan fingerprint density at radius 3 is 2.57 bits per heavy atom. The van der Waals surface area contributed by atoms with Crippen LogP contribution in [0.4, 0.5) is 0 Å². The first kappa shape index (κ1) is 23.9. The van der Waals surface area contributed by atoms with E-state index in [-0.39, 0.29) is 36.4 Å². The van der Waals surface area contributed by atoms with Gasteiger partial charge in [0.05, 0.1) is 0 Å². The number of hydrogen-bond donors (Lipinski definition) is 1. The van der Waals surface area contributed by atoms with Gasteiger partial charge >= 0.3 is 0 Å². The average molecular weight is 499 g/mol. The van der Waals surface area contributed by atoms with Gasteiger partial charge in [0.1, 0.15) is 18.7 Å². The number of aryl methyl sites for hydroxylation is 1. The molecule has 0 saturated heterocycles. The zero-order chi connectivity index (χ0) is 19.6. The Labute approximate surface area is 184 Å². The maximum Gasteiger partial charge on any atom is 0.243 e. The van der Waals surface area contributed by atoms with Gasteiger partial charge in [-0.15, -0.1) is 34.2 Å². The molecular weight excluding hydrogens is 469 g/mol. The maximum absolute atomic E-state index is 11.9. The van der Waals surface area contributed by atoms with Crippen LogP contribution < -0.4 is 5.32 Å². The molecule has 1 aromatic heterocycles. The van der Waals surface area contributed by atoms with E-state index in [1.165, 1.54) is 5.56 Å². The van der Waals surface area contributed by atoms with E-state index < -0.39 is 0 Å². The van der Waals surface area contributed by atoms with Crippen LogP contribution in [0.5, 0.6) is 0 Å². The molecule has 0 unspecified atom stereocenters. The summed E-state index contributed by atoms with van der Waals surface area (Å²) in [4.78, 5) is 20.0. The highest BCUT2D eigenvalue weighted by atomic mass is 127. The van der Waals surface area contributed by atoms with E-state index in [4.69, 9.17) is 0 Å². The van der Waals surface area contributed by atoms with Crippen LogP contribution in [0, 0.1) is 0 Å². The van der Waals surface area contributed by atoms with E-state index in [1.54, 1.807) is 25.3 Å². The van der Waals surface area contributed by atoms with Crippen molar-refractivity contribution in [2.75, 3.05) is 34.2 Å². The Morgan fingerprint density at radius 2 is 1.93 bits per heavy atom. The van der Waals surface area contributed by atoms with Crippen molar-refractivity contribution < 1.29 is 4.79 Å². The largest absolute Gasteiger partial charge is 0.354 e. The second-order valence-corrected chi connectivity index (χ2v) is 6.49. The van der Waals surface area contributed by atoms with Gasteiger partial charge in [0.2, 0.25) is 5.91 Å². The molecule has 0 radical (unpaired) electrons. The molecule has 0 bridgehead atoms. The van der Waals surface area contributed by atoms with E-state index in [0.717, 1.165) is 18.8 Å². The summed E-state index contributed by atoms with van der Waals surface area (Å²) in [7, 11) is 5.43. The summed E-state index contributed by atoms with van der Waals surface area (Å²) in [6.45, 7) is 4.27. The van der Waals surface area contributed by atoms with Crippen LogP contribution in [-0.4, -0.2) is 70.7 Å². The molecule has 0 saturated carbocycles. The van der Waals surface area contributed by atoms with Crippen LogP contribution >= 0.6 is 24.0 Å². The van der Waals surface area contributed by atoms with Crippen molar-refractivity contribution in [1.82, 2.24) is 29.9 Å². The van der Waals surface area contributed by atoms with Crippen molar-refractivity contribution in [1.29, 1.82) is 0 Å². The number of carbonyl (C=O) groups excluding carboxylic acids is 1. The molecular formula is C19H30IN7O. The number of aromatic nitrogens is 3. The van der Waals surface area contributed by atoms with Crippen molar-refractivity contribution in [2.45, 2.75) is 26.4 Å². The average Bonchev–Trinajstić information content (AvgIpc) is 3.12. The lowest BCUT2D eigenvalue weighted by Crippen LogP contribution is -2.41.